The van der Waals surface area contributed by atoms with Gasteiger partial charge in [0.2, 0.25) is 0 Å². The third-order valence-corrected chi connectivity index (χ3v) is 2.72. The van der Waals surface area contributed by atoms with Gasteiger partial charge in [-0.05, 0) is 49.4 Å². The van der Waals surface area contributed by atoms with E-state index in [1.807, 2.05) is 25.1 Å². The molecule has 0 fully saturated rings. The zero-order valence-electron chi connectivity index (χ0n) is 10.4. The maximum absolute atomic E-state index is 8.76. The maximum atomic E-state index is 8.76. The van der Waals surface area contributed by atoms with Gasteiger partial charge in [-0.1, -0.05) is 11.6 Å². The van der Waals surface area contributed by atoms with E-state index >= 15 is 0 Å². The van der Waals surface area contributed by atoms with Gasteiger partial charge in [-0.3, -0.25) is 0 Å². The van der Waals surface area contributed by atoms with Gasteiger partial charge in [0.25, 0.3) is 0 Å². The molecule has 2 rings (SSSR count). The number of ether oxygens (including phenoxy) is 2. The summed E-state index contributed by atoms with van der Waals surface area (Å²) in [6.07, 6.45) is 0. The molecule has 0 aromatic heterocycles. The molecule has 0 aliphatic heterocycles. The fourth-order valence-corrected chi connectivity index (χ4v) is 1.77. The zero-order chi connectivity index (χ0) is 13.7. The van der Waals surface area contributed by atoms with E-state index in [1.165, 1.54) is 0 Å². The van der Waals surface area contributed by atoms with Gasteiger partial charge in [-0.15, -0.1) is 0 Å². The van der Waals surface area contributed by atoms with Gasteiger partial charge >= 0.3 is 0 Å². The quantitative estimate of drug-likeness (QED) is 0.829. The Morgan fingerprint density at radius 1 is 1.11 bits per heavy atom. The average Bonchev–Trinajstić information content (AvgIpc) is 2.43. The summed E-state index contributed by atoms with van der Waals surface area (Å²) in [4.78, 5) is 0. The van der Waals surface area contributed by atoms with E-state index < -0.39 is 0 Å². The van der Waals surface area contributed by atoms with Crippen molar-refractivity contribution in [3.8, 4) is 23.3 Å². The Morgan fingerprint density at radius 3 is 2.37 bits per heavy atom. The summed E-state index contributed by atoms with van der Waals surface area (Å²) in [6.45, 7) is 2.56. The number of hydrogen-bond donors (Lipinski definition) is 0. The number of benzene rings is 2. The Kier molecular flexibility index (Phi) is 4.27. The number of halogens is 1. The lowest BCUT2D eigenvalue weighted by molar-refractivity contribution is 0.339. The van der Waals surface area contributed by atoms with Crippen molar-refractivity contribution in [2.45, 2.75) is 6.92 Å². The maximum Gasteiger partial charge on any atom is 0.146 e. The number of nitriles is 1. The molecule has 4 heteroatoms. The fraction of sp³-hybridized carbons (Fsp3) is 0.133. The molecule has 0 atom stereocenters. The van der Waals surface area contributed by atoms with E-state index in [9.17, 15) is 0 Å². The Morgan fingerprint density at radius 2 is 1.79 bits per heavy atom. The van der Waals surface area contributed by atoms with Gasteiger partial charge in [0.05, 0.1) is 23.3 Å². The zero-order valence-corrected chi connectivity index (χ0v) is 11.1. The molecule has 0 spiro atoms. The predicted molar refractivity (Wildman–Crippen MR) is 73.9 cm³/mol. The van der Waals surface area contributed by atoms with E-state index in [1.54, 1.807) is 30.3 Å². The Hall–Kier alpha value is -2.18. The molecule has 2 aromatic carbocycles. The minimum Gasteiger partial charge on any atom is -0.494 e. The highest BCUT2D eigenvalue weighted by Gasteiger charge is 2.04. The first-order valence-electron chi connectivity index (χ1n) is 5.83. The third-order valence-electron chi connectivity index (χ3n) is 2.42. The van der Waals surface area contributed by atoms with Gasteiger partial charge in [0.1, 0.15) is 17.2 Å². The first kappa shape index (κ1) is 13.3. The van der Waals surface area contributed by atoms with Crippen LogP contribution < -0.4 is 9.47 Å². The number of hydrogen-bond acceptors (Lipinski definition) is 3. The molecule has 19 heavy (non-hydrogen) atoms. The largest absolute Gasteiger partial charge is 0.494 e. The summed E-state index contributed by atoms with van der Waals surface area (Å²) < 4.78 is 11.0. The topological polar surface area (TPSA) is 42.2 Å². The molecule has 96 valence electrons. The van der Waals surface area contributed by atoms with E-state index in [2.05, 4.69) is 0 Å². The van der Waals surface area contributed by atoms with Crippen molar-refractivity contribution >= 4 is 11.6 Å². The van der Waals surface area contributed by atoms with Crippen molar-refractivity contribution in [1.29, 1.82) is 5.26 Å². The van der Waals surface area contributed by atoms with Crippen LogP contribution >= 0.6 is 11.6 Å². The van der Waals surface area contributed by atoms with Crippen LogP contribution in [0.4, 0.5) is 0 Å². The molecule has 0 saturated carbocycles. The summed E-state index contributed by atoms with van der Waals surface area (Å²) in [7, 11) is 0. The Bertz CT molecular complexity index is 603. The normalized spacial score (nSPS) is 9.74. The van der Waals surface area contributed by atoms with Gasteiger partial charge in [0.15, 0.2) is 0 Å². The van der Waals surface area contributed by atoms with Crippen molar-refractivity contribution in [3.05, 3.63) is 53.1 Å². The van der Waals surface area contributed by atoms with Crippen molar-refractivity contribution < 1.29 is 9.47 Å². The molecule has 0 unspecified atom stereocenters. The lowest BCUT2D eigenvalue weighted by Gasteiger charge is -2.08. The lowest BCUT2D eigenvalue weighted by Crippen LogP contribution is -1.91. The molecule has 0 amide bonds. The standard InChI is InChI=1S/C15H12ClNO2/c1-2-18-12-4-6-13(7-5-12)19-15-8-3-11(10-17)9-14(15)16/h3-9H,2H2,1H3. The van der Waals surface area contributed by atoms with Crippen LogP contribution in [-0.2, 0) is 0 Å². The van der Waals surface area contributed by atoms with Crippen LogP contribution in [0.15, 0.2) is 42.5 Å². The number of nitrogens with zero attached hydrogens (tertiary/aromatic N) is 1. The van der Waals surface area contributed by atoms with Crippen LogP contribution in [-0.4, -0.2) is 6.61 Å². The van der Waals surface area contributed by atoms with Crippen LogP contribution in [0, 0.1) is 11.3 Å². The molecule has 0 saturated heterocycles. The SMILES string of the molecule is CCOc1ccc(Oc2ccc(C#N)cc2Cl)cc1. The summed E-state index contributed by atoms with van der Waals surface area (Å²) in [6, 6.07) is 14.2. The molecule has 0 heterocycles. The van der Waals surface area contributed by atoms with E-state index in [0.717, 1.165) is 5.75 Å². The van der Waals surface area contributed by atoms with Crippen molar-refractivity contribution in [1.82, 2.24) is 0 Å². The molecule has 2 aromatic rings. The first-order valence-corrected chi connectivity index (χ1v) is 6.21. The highest BCUT2D eigenvalue weighted by atomic mass is 35.5. The molecule has 0 aliphatic rings. The minimum atomic E-state index is 0.410. The van der Waals surface area contributed by atoms with Crippen LogP contribution in [0.2, 0.25) is 5.02 Å². The molecule has 0 aliphatic carbocycles. The summed E-state index contributed by atoms with van der Waals surface area (Å²) in [5.41, 5.74) is 0.504. The molecular weight excluding hydrogens is 262 g/mol. The van der Waals surface area contributed by atoms with Gasteiger partial charge in [-0.2, -0.15) is 5.26 Å². The van der Waals surface area contributed by atoms with Gasteiger partial charge in [-0.25, -0.2) is 0 Å². The second-order valence-corrected chi connectivity index (χ2v) is 4.17. The fourth-order valence-electron chi connectivity index (χ4n) is 1.55. The van der Waals surface area contributed by atoms with Crippen molar-refractivity contribution in [3.63, 3.8) is 0 Å². The van der Waals surface area contributed by atoms with Crippen LogP contribution in [0.25, 0.3) is 0 Å². The number of rotatable bonds is 4. The van der Waals surface area contributed by atoms with Gasteiger partial charge < -0.3 is 9.47 Å². The highest BCUT2D eigenvalue weighted by molar-refractivity contribution is 6.32. The molecule has 0 bridgehead atoms. The van der Waals surface area contributed by atoms with Crippen molar-refractivity contribution in [2.75, 3.05) is 6.61 Å². The first-order chi connectivity index (χ1) is 9.22. The lowest BCUT2D eigenvalue weighted by atomic mass is 10.2. The highest BCUT2D eigenvalue weighted by Crippen LogP contribution is 2.30. The monoisotopic (exact) mass is 273 g/mol. The molecular formula is C15H12ClNO2. The second-order valence-electron chi connectivity index (χ2n) is 3.76. The smallest absolute Gasteiger partial charge is 0.146 e. The summed E-state index contributed by atoms with van der Waals surface area (Å²) in [5, 5.41) is 9.17. The summed E-state index contributed by atoms with van der Waals surface area (Å²) >= 11 is 6.04. The predicted octanol–water partition coefficient (Wildman–Crippen LogP) is 4.40. The van der Waals surface area contributed by atoms with Crippen LogP contribution in [0.5, 0.6) is 17.2 Å². The minimum absolute atomic E-state index is 0.410. The Labute approximate surface area is 117 Å². The van der Waals surface area contributed by atoms with Crippen LogP contribution in [0.1, 0.15) is 12.5 Å². The summed E-state index contributed by atoms with van der Waals surface area (Å²) in [5.74, 6) is 1.97. The van der Waals surface area contributed by atoms with E-state index in [4.69, 9.17) is 26.3 Å². The average molecular weight is 274 g/mol. The van der Waals surface area contributed by atoms with Gasteiger partial charge in [0, 0.05) is 0 Å². The van der Waals surface area contributed by atoms with E-state index in [-0.39, 0.29) is 0 Å². The van der Waals surface area contributed by atoms with Crippen LogP contribution in [0.3, 0.4) is 0 Å². The molecule has 3 nitrogen and oxygen atoms in total. The second kappa shape index (κ2) is 6.12. The Balaban J connectivity index is 2.15. The van der Waals surface area contributed by atoms with Crippen molar-refractivity contribution in [2.24, 2.45) is 0 Å². The van der Waals surface area contributed by atoms with E-state index in [0.29, 0.717) is 28.7 Å². The molecule has 0 radical (unpaired) electrons. The molecule has 0 N–H and O–H groups in total. The third kappa shape index (κ3) is 3.40.